The van der Waals surface area contributed by atoms with Gasteiger partial charge < -0.3 is 10.6 Å². The van der Waals surface area contributed by atoms with Gasteiger partial charge in [-0.05, 0) is 37.0 Å². The molecule has 3 aromatic rings. The molecule has 4 rings (SSSR count). The number of carbonyl (C=O) groups is 2. The molecule has 0 spiro atoms. The third kappa shape index (κ3) is 5.35. The Hall–Kier alpha value is -2.86. The van der Waals surface area contributed by atoms with Crippen molar-refractivity contribution >= 4 is 34.5 Å². The van der Waals surface area contributed by atoms with Crippen LogP contribution in [-0.4, -0.2) is 35.1 Å². The van der Waals surface area contributed by atoms with Crippen LogP contribution in [0.4, 0.5) is 0 Å². The Bertz CT molecular complexity index is 1020. The predicted octanol–water partition coefficient (Wildman–Crippen LogP) is 3.58. The molecule has 2 N–H and O–H groups in total. The first-order chi connectivity index (χ1) is 14.2. The first kappa shape index (κ1) is 19.5. The van der Waals surface area contributed by atoms with Crippen molar-refractivity contribution in [1.29, 1.82) is 0 Å². The minimum absolute atomic E-state index is 0.0372. The summed E-state index contributed by atoms with van der Waals surface area (Å²) in [5.41, 5.74) is 2.58. The summed E-state index contributed by atoms with van der Waals surface area (Å²) in [5, 5.41) is 7.50. The number of hydrogen-bond donors (Lipinski definition) is 2. The average molecular weight is 406 g/mol. The van der Waals surface area contributed by atoms with Gasteiger partial charge in [-0.2, -0.15) is 0 Å². The van der Waals surface area contributed by atoms with Crippen LogP contribution in [0.25, 0.3) is 10.9 Å². The van der Waals surface area contributed by atoms with E-state index < -0.39 is 0 Å². The lowest BCUT2D eigenvalue weighted by atomic mass is 10.1. The van der Waals surface area contributed by atoms with Crippen molar-refractivity contribution in [2.75, 3.05) is 12.3 Å². The van der Waals surface area contributed by atoms with E-state index in [0.717, 1.165) is 30.2 Å². The van der Waals surface area contributed by atoms with Gasteiger partial charge in [0.25, 0.3) is 5.91 Å². The minimum Gasteiger partial charge on any atom is -0.355 e. The molecule has 1 fully saturated rings. The van der Waals surface area contributed by atoms with Gasteiger partial charge in [0.15, 0.2) is 0 Å². The Morgan fingerprint density at radius 2 is 1.79 bits per heavy atom. The summed E-state index contributed by atoms with van der Waals surface area (Å²) < 4.78 is 0. The van der Waals surface area contributed by atoms with Gasteiger partial charge in [0.2, 0.25) is 5.91 Å². The van der Waals surface area contributed by atoms with Crippen molar-refractivity contribution < 1.29 is 9.59 Å². The number of aromatic nitrogens is 1. The quantitative estimate of drug-likeness (QED) is 0.562. The van der Waals surface area contributed by atoms with Crippen LogP contribution in [0.15, 0.2) is 65.7 Å². The van der Waals surface area contributed by atoms with Crippen molar-refractivity contribution in [2.24, 2.45) is 0 Å². The van der Waals surface area contributed by atoms with Crippen molar-refractivity contribution in [1.82, 2.24) is 15.6 Å². The predicted molar refractivity (Wildman–Crippen MR) is 116 cm³/mol. The summed E-state index contributed by atoms with van der Waals surface area (Å²) in [7, 11) is 0. The van der Waals surface area contributed by atoms with Gasteiger partial charge in [0.05, 0.1) is 21.9 Å². The van der Waals surface area contributed by atoms with E-state index in [0.29, 0.717) is 23.2 Å². The first-order valence-electron chi connectivity index (χ1n) is 9.83. The summed E-state index contributed by atoms with van der Waals surface area (Å²) in [6.07, 6.45) is 2.88. The standard InChI is InChI=1S/C23H23N3O2S/c27-21(24-13-12-16-6-2-1-3-7-16)15-29-22-14-19(23(28)25-17-10-11-17)18-8-4-5-9-20(18)26-22/h1-9,14,17H,10-13,15H2,(H,24,27)(H,25,28). The SMILES string of the molecule is O=C(CSc1cc(C(=O)NC2CC2)c2ccccc2n1)NCCc1ccccc1. The number of benzene rings is 2. The van der Waals surface area contributed by atoms with Gasteiger partial charge in [0.1, 0.15) is 0 Å². The van der Waals surface area contributed by atoms with Crippen LogP contribution < -0.4 is 10.6 Å². The average Bonchev–Trinajstić information content (AvgIpc) is 3.56. The van der Waals surface area contributed by atoms with Crippen molar-refractivity contribution in [2.45, 2.75) is 30.3 Å². The Morgan fingerprint density at radius 3 is 2.59 bits per heavy atom. The molecule has 0 unspecified atom stereocenters. The molecule has 1 saturated carbocycles. The second-order valence-corrected chi connectivity index (χ2v) is 8.14. The lowest BCUT2D eigenvalue weighted by molar-refractivity contribution is -0.118. The zero-order valence-corrected chi connectivity index (χ0v) is 16.9. The summed E-state index contributed by atoms with van der Waals surface area (Å²) in [6, 6.07) is 19.8. The van der Waals surface area contributed by atoms with Crippen LogP contribution in [0.1, 0.15) is 28.8 Å². The highest BCUT2D eigenvalue weighted by molar-refractivity contribution is 7.99. The fourth-order valence-corrected chi connectivity index (χ4v) is 3.83. The molecule has 1 aliphatic carbocycles. The summed E-state index contributed by atoms with van der Waals surface area (Å²) in [4.78, 5) is 29.5. The molecule has 1 aromatic heterocycles. The van der Waals surface area contributed by atoms with Crippen LogP contribution in [0, 0.1) is 0 Å². The van der Waals surface area contributed by atoms with Gasteiger partial charge in [-0.1, -0.05) is 60.3 Å². The van der Waals surface area contributed by atoms with Crippen molar-refractivity contribution in [3.05, 3.63) is 71.8 Å². The van der Waals surface area contributed by atoms with E-state index in [1.54, 1.807) is 6.07 Å². The molecular weight excluding hydrogens is 382 g/mol. The van der Waals surface area contributed by atoms with E-state index in [-0.39, 0.29) is 17.6 Å². The minimum atomic E-state index is -0.0692. The molecule has 2 aromatic carbocycles. The molecule has 29 heavy (non-hydrogen) atoms. The molecule has 0 atom stereocenters. The normalized spacial score (nSPS) is 13.2. The molecule has 2 amide bonds. The fraction of sp³-hybridized carbons (Fsp3) is 0.261. The number of rotatable bonds is 8. The number of fused-ring (bicyclic) bond motifs is 1. The van der Waals surface area contributed by atoms with E-state index in [4.69, 9.17) is 0 Å². The van der Waals surface area contributed by atoms with Crippen LogP contribution in [0.5, 0.6) is 0 Å². The third-order valence-electron chi connectivity index (χ3n) is 4.78. The molecule has 5 nitrogen and oxygen atoms in total. The van der Waals surface area contributed by atoms with Gasteiger partial charge in [-0.25, -0.2) is 4.98 Å². The first-order valence-corrected chi connectivity index (χ1v) is 10.8. The number of nitrogens with zero attached hydrogens (tertiary/aromatic N) is 1. The molecule has 0 radical (unpaired) electrons. The maximum Gasteiger partial charge on any atom is 0.252 e. The highest BCUT2D eigenvalue weighted by Gasteiger charge is 2.25. The molecule has 0 aliphatic heterocycles. The molecular formula is C23H23N3O2S. The molecule has 6 heteroatoms. The highest BCUT2D eigenvalue weighted by atomic mass is 32.2. The second kappa shape index (κ2) is 9.09. The van der Waals surface area contributed by atoms with Crippen LogP contribution >= 0.6 is 11.8 Å². The Morgan fingerprint density at radius 1 is 1.03 bits per heavy atom. The monoisotopic (exact) mass is 405 g/mol. The van der Waals surface area contributed by atoms with Crippen LogP contribution in [0.2, 0.25) is 0 Å². The lowest BCUT2D eigenvalue weighted by Gasteiger charge is -2.10. The zero-order chi connectivity index (χ0) is 20.1. The van der Waals surface area contributed by atoms with Gasteiger partial charge in [-0.15, -0.1) is 0 Å². The topological polar surface area (TPSA) is 71.1 Å². The summed E-state index contributed by atoms with van der Waals surface area (Å²) >= 11 is 1.35. The number of hydrogen-bond acceptors (Lipinski definition) is 4. The van der Waals surface area contributed by atoms with Crippen LogP contribution in [-0.2, 0) is 11.2 Å². The molecule has 1 heterocycles. The summed E-state index contributed by atoms with van der Waals surface area (Å²) in [5.74, 6) is 0.161. The molecule has 1 aliphatic rings. The zero-order valence-electron chi connectivity index (χ0n) is 16.1. The highest BCUT2D eigenvalue weighted by Crippen LogP contribution is 2.26. The van der Waals surface area contributed by atoms with Crippen molar-refractivity contribution in [3.63, 3.8) is 0 Å². The fourth-order valence-electron chi connectivity index (χ4n) is 3.09. The maximum absolute atomic E-state index is 12.6. The maximum atomic E-state index is 12.6. The number of para-hydroxylation sites is 1. The van der Waals surface area contributed by atoms with Crippen LogP contribution in [0.3, 0.4) is 0 Å². The Kier molecular flexibility index (Phi) is 6.10. The number of thioether (sulfide) groups is 1. The number of nitrogens with one attached hydrogen (secondary N) is 2. The van der Waals surface area contributed by atoms with Crippen molar-refractivity contribution in [3.8, 4) is 0 Å². The Balaban J connectivity index is 1.38. The molecule has 148 valence electrons. The number of pyridine rings is 1. The Labute approximate surface area is 174 Å². The number of carbonyl (C=O) groups excluding carboxylic acids is 2. The largest absolute Gasteiger partial charge is 0.355 e. The molecule has 0 bridgehead atoms. The molecule has 0 saturated heterocycles. The van der Waals surface area contributed by atoms with Gasteiger partial charge >= 0.3 is 0 Å². The van der Waals surface area contributed by atoms with E-state index in [9.17, 15) is 9.59 Å². The second-order valence-electron chi connectivity index (χ2n) is 7.15. The number of amides is 2. The lowest BCUT2D eigenvalue weighted by Crippen LogP contribution is -2.27. The van der Waals surface area contributed by atoms with E-state index >= 15 is 0 Å². The summed E-state index contributed by atoms with van der Waals surface area (Å²) in [6.45, 7) is 0.601. The smallest absolute Gasteiger partial charge is 0.252 e. The van der Waals surface area contributed by atoms with Gasteiger partial charge in [-0.3, -0.25) is 9.59 Å². The van der Waals surface area contributed by atoms with E-state index in [1.807, 2.05) is 54.6 Å². The third-order valence-corrected chi connectivity index (χ3v) is 5.69. The van der Waals surface area contributed by atoms with E-state index in [2.05, 4.69) is 15.6 Å². The van der Waals surface area contributed by atoms with Gasteiger partial charge in [0, 0.05) is 18.0 Å². The van der Waals surface area contributed by atoms with E-state index in [1.165, 1.54) is 17.3 Å².